The van der Waals surface area contributed by atoms with E-state index < -0.39 is 5.91 Å². The number of hydrogen-bond acceptors (Lipinski definition) is 4. The topological polar surface area (TPSA) is 78.6 Å². The van der Waals surface area contributed by atoms with Crippen LogP contribution in [0.5, 0.6) is 11.5 Å². The highest BCUT2D eigenvalue weighted by Gasteiger charge is 2.27. The predicted octanol–water partition coefficient (Wildman–Crippen LogP) is 3.13. The van der Waals surface area contributed by atoms with Gasteiger partial charge in [-0.1, -0.05) is 6.07 Å². The van der Waals surface area contributed by atoms with Crippen LogP contribution in [-0.4, -0.2) is 18.3 Å². The van der Waals surface area contributed by atoms with Crippen molar-refractivity contribution in [3.63, 3.8) is 0 Å². The summed E-state index contributed by atoms with van der Waals surface area (Å²) in [5, 5.41) is 0. The van der Waals surface area contributed by atoms with E-state index in [4.69, 9.17) is 15.2 Å². The molecule has 2 aromatic carbocycles. The molecule has 0 radical (unpaired) electrons. The van der Waals surface area contributed by atoms with Gasteiger partial charge in [0.05, 0.1) is 12.2 Å². The monoisotopic (exact) mass is 337 g/mol. The number of nitrogens with two attached hydrogens (primary N) is 1. The fourth-order valence-electron chi connectivity index (χ4n) is 3.59. The van der Waals surface area contributed by atoms with E-state index in [0.29, 0.717) is 29.9 Å². The lowest BCUT2D eigenvalue weighted by Crippen LogP contribution is -2.17. The third-order valence-corrected chi connectivity index (χ3v) is 4.95. The van der Waals surface area contributed by atoms with Gasteiger partial charge in [0.15, 0.2) is 5.78 Å². The Balaban J connectivity index is 1.63. The minimum atomic E-state index is -0.417. The highest BCUT2D eigenvalue weighted by molar-refractivity contribution is 6.00. The number of aryl methyl sites for hydroxylation is 1. The summed E-state index contributed by atoms with van der Waals surface area (Å²) >= 11 is 0. The Kier molecular flexibility index (Phi) is 3.71. The van der Waals surface area contributed by atoms with E-state index >= 15 is 0 Å². The summed E-state index contributed by atoms with van der Waals surface area (Å²) in [4.78, 5) is 23.3. The first-order chi connectivity index (χ1) is 12.0. The molecule has 0 bridgehead atoms. The van der Waals surface area contributed by atoms with E-state index in [1.807, 2.05) is 25.1 Å². The summed E-state index contributed by atoms with van der Waals surface area (Å²) in [5.74, 6) is 1.06. The standard InChI is InChI=1S/C20H19NO4/c1-11-17(7-5-15-16(22)8-9-24-19(11)15)25-18-6-3-12-10-13(20(21)23)2-4-14(12)18/h2,4-5,7,10,18H,3,6,8-9H2,1H3,(H2,21,23). The molecule has 5 heteroatoms. The molecule has 5 nitrogen and oxygen atoms in total. The first kappa shape index (κ1) is 15.7. The van der Waals surface area contributed by atoms with E-state index in [-0.39, 0.29) is 11.9 Å². The lowest BCUT2D eigenvalue weighted by Gasteiger charge is -2.22. The number of hydrogen-bond donors (Lipinski definition) is 1. The van der Waals surface area contributed by atoms with Crippen LogP contribution in [0.3, 0.4) is 0 Å². The summed E-state index contributed by atoms with van der Waals surface area (Å²) in [7, 11) is 0. The molecule has 0 saturated heterocycles. The largest absolute Gasteiger partial charge is 0.492 e. The molecule has 0 aromatic heterocycles. The average molecular weight is 337 g/mol. The third kappa shape index (κ3) is 2.65. The molecule has 1 heterocycles. The van der Waals surface area contributed by atoms with Crippen LogP contribution in [0.15, 0.2) is 30.3 Å². The molecule has 4 rings (SSSR count). The van der Waals surface area contributed by atoms with Crippen LogP contribution in [0.4, 0.5) is 0 Å². The number of ether oxygens (including phenoxy) is 2. The van der Waals surface area contributed by atoms with Crippen molar-refractivity contribution >= 4 is 11.7 Å². The maximum atomic E-state index is 12.0. The highest BCUT2D eigenvalue weighted by atomic mass is 16.5. The van der Waals surface area contributed by atoms with Crippen LogP contribution in [0.2, 0.25) is 0 Å². The van der Waals surface area contributed by atoms with E-state index in [1.165, 1.54) is 0 Å². The van der Waals surface area contributed by atoms with E-state index in [0.717, 1.165) is 35.3 Å². The molecule has 1 amide bonds. The van der Waals surface area contributed by atoms with Crippen molar-refractivity contribution in [3.05, 3.63) is 58.1 Å². The number of amides is 1. The zero-order chi connectivity index (χ0) is 17.6. The molecule has 128 valence electrons. The molecule has 2 aliphatic rings. The first-order valence-corrected chi connectivity index (χ1v) is 8.43. The Bertz CT molecular complexity index is 888. The van der Waals surface area contributed by atoms with Crippen molar-refractivity contribution in [3.8, 4) is 11.5 Å². The van der Waals surface area contributed by atoms with Gasteiger partial charge in [-0.15, -0.1) is 0 Å². The Hall–Kier alpha value is -2.82. The van der Waals surface area contributed by atoms with Gasteiger partial charge in [-0.05, 0) is 55.2 Å². The molecular weight excluding hydrogens is 318 g/mol. The summed E-state index contributed by atoms with van der Waals surface area (Å²) in [6, 6.07) is 9.13. The Morgan fingerprint density at radius 1 is 1.24 bits per heavy atom. The van der Waals surface area contributed by atoms with Gasteiger partial charge < -0.3 is 15.2 Å². The summed E-state index contributed by atoms with van der Waals surface area (Å²) in [5.41, 5.74) is 9.55. The van der Waals surface area contributed by atoms with Gasteiger partial charge in [-0.2, -0.15) is 0 Å². The number of carbonyl (C=O) groups is 2. The Labute approximate surface area is 145 Å². The van der Waals surface area contributed by atoms with Gasteiger partial charge in [0.1, 0.15) is 17.6 Å². The molecule has 1 aliphatic heterocycles. The molecule has 0 saturated carbocycles. The van der Waals surface area contributed by atoms with Crippen molar-refractivity contribution in [1.29, 1.82) is 0 Å². The smallest absolute Gasteiger partial charge is 0.248 e. The second-order valence-electron chi connectivity index (χ2n) is 6.51. The van der Waals surface area contributed by atoms with Crippen LogP contribution in [-0.2, 0) is 6.42 Å². The lowest BCUT2D eigenvalue weighted by molar-refractivity contribution is 0.0931. The average Bonchev–Trinajstić information content (AvgIpc) is 3.00. The molecule has 2 aromatic rings. The maximum absolute atomic E-state index is 12.0. The van der Waals surface area contributed by atoms with Gasteiger partial charge in [0, 0.05) is 17.5 Å². The number of rotatable bonds is 3. The van der Waals surface area contributed by atoms with Crippen molar-refractivity contribution in [2.45, 2.75) is 32.3 Å². The molecule has 2 N–H and O–H groups in total. The molecule has 0 fully saturated rings. The number of ketones is 1. The summed E-state index contributed by atoms with van der Waals surface area (Å²) in [6.07, 6.45) is 2.03. The van der Waals surface area contributed by atoms with Crippen LogP contribution in [0.25, 0.3) is 0 Å². The summed E-state index contributed by atoms with van der Waals surface area (Å²) in [6.45, 7) is 2.33. The van der Waals surface area contributed by atoms with Gasteiger partial charge in [-0.3, -0.25) is 9.59 Å². The maximum Gasteiger partial charge on any atom is 0.248 e. The molecule has 25 heavy (non-hydrogen) atoms. The van der Waals surface area contributed by atoms with Crippen LogP contribution in [0, 0.1) is 6.92 Å². The van der Waals surface area contributed by atoms with E-state index in [1.54, 1.807) is 12.1 Å². The molecule has 1 aliphatic carbocycles. The Morgan fingerprint density at radius 2 is 2.08 bits per heavy atom. The predicted molar refractivity (Wildman–Crippen MR) is 92.3 cm³/mol. The van der Waals surface area contributed by atoms with E-state index in [9.17, 15) is 9.59 Å². The normalized spacial score (nSPS) is 18.3. The number of carbonyl (C=O) groups excluding carboxylic acids is 2. The molecular formula is C20H19NO4. The first-order valence-electron chi connectivity index (χ1n) is 8.43. The molecule has 1 unspecified atom stereocenters. The highest BCUT2D eigenvalue weighted by Crippen LogP contribution is 2.40. The van der Waals surface area contributed by atoms with Gasteiger partial charge in [-0.25, -0.2) is 0 Å². The zero-order valence-corrected chi connectivity index (χ0v) is 14.0. The number of benzene rings is 2. The fraction of sp³-hybridized carbons (Fsp3) is 0.300. The van der Waals surface area contributed by atoms with Crippen LogP contribution in [0.1, 0.15) is 56.4 Å². The van der Waals surface area contributed by atoms with Crippen LogP contribution < -0.4 is 15.2 Å². The number of Topliss-reactive ketones (excluding diaryl/α,β-unsaturated/α-hetero) is 1. The second kappa shape index (κ2) is 5.92. The third-order valence-electron chi connectivity index (χ3n) is 4.95. The minimum Gasteiger partial charge on any atom is -0.492 e. The summed E-state index contributed by atoms with van der Waals surface area (Å²) < 4.78 is 11.9. The second-order valence-corrected chi connectivity index (χ2v) is 6.51. The van der Waals surface area contributed by atoms with Crippen molar-refractivity contribution in [2.24, 2.45) is 5.73 Å². The fourth-order valence-corrected chi connectivity index (χ4v) is 3.59. The van der Waals surface area contributed by atoms with E-state index in [2.05, 4.69) is 0 Å². The number of primary amides is 1. The molecule has 0 spiro atoms. The van der Waals surface area contributed by atoms with Crippen molar-refractivity contribution in [1.82, 2.24) is 0 Å². The SMILES string of the molecule is Cc1c(OC2CCc3cc(C(N)=O)ccc32)ccc2c1OCCC2=O. The van der Waals surface area contributed by atoms with Gasteiger partial charge >= 0.3 is 0 Å². The quantitative estimate of drug-likeness (QED) is 0.933. The zero-order valence-electron chi connectivity index (χ0n) is 14.0. The molecule has 1 atom stereocenters. The van der Waals surface area contributed by atoms with Gasteiger partial charge in [0.25, 0.3) is 0 Å². The number of fused-ring (bicyclic) bond motifs is 2. The van der Waals surface area contributed by atoms with Crippen molar-refractivity contribution < 1.29 is 19.1 Å². The minimum absolute atomic E-state index is 0.0760. The van der Waals surface area contributed by atoms with Crippen molar-refractivity contribution in [2.75, 3.05) is 6.61 Å². The van der Waals surface area contributed by atoms with Crippen LogP contribution >= 0.6 is 0 Å². The Morgan fingerprint density at radius 3 is 2.88 bits per heavy atom. The van der Waals surface area contributed by atoms with Gasteiger partial charge in [0.2, 0.25) is 5.91 Å². The lowest BCUT2D eigenvalue weighted by atomic mass is 10.0.